The molecule has 0 fully saturated rings. The van der Waals surface area contributed by atoms with Gasteiger partial charge in [0, 0.05) is 0 Å². The maximum atomic E-state index is 9.16. The Bertz CT molecular complexity index is 462. The van der Waals surface area contributed by atoms with Crippen LogP contribution in [0.15, 0.2) is 60.7 Å². The van der Waals surface area contributed by atoms with Gasteiger partial charge in [-0.05, 0) is 11.1 Å². The molecule has 2 aromatic rings. The molecule has 0 heterocycles. The van der Waals surface area contributed by atoms with Crippen molar-refractivity contribution in [2.24, 2.45) is 0 Å². The smallest absolute Gasteiger partial charge is 0.0184 e. The maximum Gasteiger partial charge on any atom is -0.0184 e. The summed E-state index contributed by atoms with van der Waals surface area (Å²) in [6, 6.07) is 20.8. The predicted molar refractivity (Wildman–Crippen MR) is 69.0 cm³/mol. The summed E-state index contributed by atoms with van der Waals surface area (Å²) in [6.45, 7) is 1.61. The van der Waals surface area contributed by atoms with Crippen molar-refractivity contribution in [2.45, 2.75) is 6.92 Å². The summed E-state index contributed by atoms with van der Waals surface area (Å²) in [4.78, 5) is 0. The van der Waals surface area contributed by atoms with E-state index in [0.29, 0.717) is 0 Å². The molecular weight excluding hydrogens is 215 g/mol. The molecule has 1 nitrogen and oxygen atoms in total. The third-order valence-corrected chi connectivity index (χ3v) is 2.15. The standard InChI is InChI=1S/C12H10.C2H3OP/c1-3-7-11(8-4-1)12-9-5-2-6-10-12;1-2-4-3/h1-10H;1H3. The third kappa shape index (κ3) is 4.31. The fraction of sp³-hybridized carbons (Fsp3) is 0.0714. The Balaban J connectivity index is 0.000000280. The first kappa shape index (κ1) is 12.5. The minimum absolute atomic E-state index is 0.00154. The average Bonchev–Trinajstić information content (AvgIpc) is 2.41. The molecular formula is C14H13OP. The Hall–Kier alpha value is -1.55. The molecule has 16 heavy (non-hydrogen) atoms. The number of hydrogen-bond donors (Lipinski definition) is 0. The molecule has 2 aromatic carbocycles. The Kier molecular flexibility index (Phi) is 6.03. The largest absolute Gasteiger partial charge is 0.0622 e. The molecule has 0 aliphatic heterocycles. The Morgan fingerprint density at radius 2 is 1.12 bits per heavy atom. The van der Waals surface area contributed by atoms with Crippen LogP contribution >= 0.6 is 7.92 Å². The second-order valence-electron chi connectivity index (χ2n) is 3.05. The Labute approximate surface area is 97.3 Å². The summed E-state index contributed by atoms with van der Waals surface area (Å²) < 4.78 is 9.16. The fourth-order valence-corrected chi connectivity index (χ4v) is 1.26. The fourth-order valence-electron chi connectivity index (χ4n) is 1.26. The normalized spacial score (nSPS) is 8.31. The predicted octanol–water partition coefficient (Wildman–Crippen LogP) is 4.61. The van der Waals surface area contributed by atoms with Gasteiger partial charge in [-0.3, -0.25) is 0 Å². The minimum atomic E-state index is -0.00154. The third-order valence-electron chi connectivity index (χ3n) is 1.97. The van der Waals surface area contributed by atoms with Crippen molar-refractivity contribution in [3.63, 3.8) is 0 Å². The molecule has 0 unspecified atom stereocenters. The van der Waals surface area contributed by atoms with Crippen molar-refractivity contribution in [1.29, 1.82) is 0 Å². The van der Waals surface area contributed by atoms with Crippen LogP contribution in [0, 0.1) is 5.63 Å². The van der Waals surface area contributed by atoms with Crippen LogP contribution in [-0.4, -0.2) is 0 Å². The van der Waals surface area contributed by atoms with Crippen LogP contribution in [0.2, 0.25) is 0 Å². The number of hydrogen-bond acceptors (Lipinski definition) is 1. The molecule has 0 aliphatic carbocycles. The van der Waals surface area contributed by atoms with Gasteiger partial charge >= 0.3 is 25.0 Å². The van der Waals surface area contributed by atoms with Gasteiger partial charge in [0.15, 0.2) is 0 Å². The van der Waals surface area contributed by atoms with Gasteiger partial charge in [-0.2, -0.15) is 0 Å². The summed E-state index contributed by atoms with van der Waals surface area (Å²) in [5.74, 6) is 0. The maximum absolute atomic E-state index is 9.16. The molecule has 0 N–H and O–H groups in total. The molecule has 0 aromatic heterocycles. The second-order valence-corrected chi connectivity index (χ2v) is 3.68. The second kappa shape index (κ2) is 7.70. The zero-order chi connectivity index (χ0) is 11.6. The van der Waals surface area contributed by atoms with Crippen LogP contribution in [0.4, 0.5) is 0 Å². The average molecular weight is 228 g/mol. The van der Waals surface area contributed by atoms with Gasteiger partial charge in [0.05, 0.1) is 0 Å². The quantitative estimate of drug-likeness (QED) is 0.651. The zero-order valence-electron chi connectivity index (χ0n) is 9.13. The van der Waals surface area contributed by atoms with Crippen molar-refractivity contribution in [1.82, 2.24) is 0 Å². The first-order chi connectivity index (χ1) is 7.88. The topological polar surface area (TPSA) is 17.1 Å². The van der Waals surface area contributed by atoms with E-state index >= 15 is 0 Å². The molecule has 0 spiro atoms. The SMILES string of the molecule is CC#P=O.c1ccc(-c2ccccc2)cc1. The number of rotatable bonds is 1. The van der Waals surface area contributed by atoms with E-state index in [4.69, 9.17) is 4.57 Å². The van der Waals surface area contributed by atoms with Gasteiger partial charge in [0.1, 0.15) is 0 Å². The van der Waals surface area contributed by atoms with E-state index in [2.05, 4.69) is 54.2 Å². The summed E-state index contributed by atoms with van der Waals surface area (Å²) >= 11 is 0. The number of benzene rings is 2. The van der Waals surface area contributed by atoms with Crippen LogP contribution in [0.25, 0.3) is 11.1 Å². The van der Waals surface area contributed by atoms with E-state index in [9.17, 15) is 0 Å². The molecule has 0 saturated heterocycles. The molecule has 2 heteroatoms. The summed E-state index contributed by atoms with van der Waals surface area (Å²) in [5.41, 5.74) is 4.90. The van der Waals surface area contributed by atoms with E-state index in [1.165, 1.54) is 11.1 Å². The van der Waals surface area contributed by atoms with Crippen LogP contribution in [0.3, 0.4) is 0 Å². The van der Waals surface area contributed by atoms with Gasteiger partial charge < -0.3 is 0 Å². The van der Waals surface area contributed by atoms with Crippen molar-refractivity contribution < 1.29 is 4.57 Å². The molecule has 0 amide bonds. The van der Waals surface area contributed by atoms with Crippen LogP contribution in [0.5, 0.6) is 0 Å². The van der Waals surface area contributed by atoms with E-state index < -0.39 is 0 Å². The van der Waals surface area contributed by atoms with Crippen LogP contribution in [-0.2, 0) is 4.57 Å². The molecule has 0 saturated carbocycles. The molecule has 0 aliphatic rings. The molecule has 0 atom stereocenters. The summed E-state index contributed by atoms with van der Waals surface area (Å²) in [5, 5.41) is 0. The first-order valence-corrected chi connectivity index (χ1v) is 5.79. The zero-order valence-corrected chi connectivity index (χ0v) is 10.0. The van der Waals surface area contributed by atoms with E-state index in [1.807, 2.05) is 12.1 Å². The monoisotopic (exact) mass is 228 g/mol. The Morgan fingerprint density at radius 3 is 1.38 bits per heavy atom. The van der Waals surface area contributed by atoms with Crippen LogP contribution in [0.1, 0.15) is 6.92 Å². The van der Waals surface area contributed by atoms with Gasteiger partial charge in [-0.25, -0.2) is 0 Å². The van der Waals surface area contributed by atoms with Gasteiger partial charge in [0.2, 0.25) is 0 Å². The molecule has 80 valence electrons. The van der Waals surface area contributed by atoms with Gasteiger partial charge in [0.25, 0.3) is 0 Å². The minimum Gasteiger partial charge on any atom is -0.0622 e. The van der Waals surface area contributed by atoms with Crippen molar-refractivity contribution in [2.75, 3.05) is 0 Å². The van der Waals surface area contributed by atoms with Gasteiger partial charge in [-0.15, -0.1) is 0 Å². The van der Waals surface area contributed by atoms with E-state index in [1.54, 1.807) is 6.92 Å². The Morgan fingerprint density at radius 1 is 0.812 bits per heavy atom. The van der Waals surface area contributed by atoms with E-state index in [0.717, 1.165) is 0 Å². The van der Waals surface area contributed by atoms with Crippen molar-refractivity contribution in [3.8, 4) is 16.8 Å². The van der Waals surface area contributed by atoms with Crippen LogP contribution < -0.4 is 0 Å². The van der Waals surface area contributed by atoms with Crippen molar-refractivity contribution in [3.05, 3.63) is 60.7 Å². The summed E-state index contributed by atoms with van der Waals surface area (Å²) in [7, 11) is -0.00154. The van der Waals surface area contributed by atoms with E-state index in [-0.39, 0.29) is 7.92 Å². The first-order valence-electron chi connectivity index (χ1n) is 4.98. The molecule has 0 radical (unpaired) electrons. The van der Waals surface area contributed by atoms with Gasteiger partial charge in [-0.1, -0.05) is 60.7 Å². The van der Waals surface area contributed by atoms with Crippen molar-refractivity contribution >= 4 is 7.92 Å². The summed E-state index contributed by atoms with van der Waals surface area (Å²) in [6.07, 6.45) is 0. The molecule has 2 rings (SSSR count). The molecule has 0 bridgehead atoms.